The summed E-state index contributed by atoms with van der Waals surface area (Å²) in [4.78, 5) is 1.23. The maximum atomic E-state index is 6.19. The summed E-state index contributed by atoms with van der Waals surface area (Å²) >= 11 is 1.86. The molecule has 1 aromatic carbocycles. The van der Waals surface area contributed by atoms with Gasteiger partial charge in [-0.05, 0) is 18.7 Å². The SMILES string of the molecule is CCNC(Cc1cn(C)nn1)C1CSc2ccccc2O1. The molecule has 2 aromatic rings. The second-order valence-corrected chi connectivity index (χ2v) is 6.23. The molecule has 0 aliphatic carbocycles. The third-order valence-electron chi connectivity index (χ3n) is 3.52. The third kappa shape index (κ3) is 3.39. The fourth-order valence-electron chi connectivity index (χ4n) is 2.55. The summed E-state index contributed by atoms with van der Waals surface area (Å²) in [5, 5.41) is 11.7. The number of aryl methyl sites for hydroxylation is 1. The minimum atomic E-state index is 0.145. The number of fused-ring (bicyclic) bond motifs is 1. The first-order chi connectivity index (χ1) is 10.3. The molecule has 112 valence electrons. The Labute approximate surface area is 129 Å². The van der Waals surface area contributed by atoms with E-state index in [9.17, 15) is 0 Å². The van der Waals surface area contributed by atoms with E-state index in [0.29, 0.717) is 0 Å². The van der Waals surface area contributed by atoms with E-state index < -0.39 is 0 Å². The predicted molar refractivity (Wildman–Crippen MR) is 83.8 cm³/mol. The van der Waals surface area contributed by atoms with E-state index in [1.165, 1.54) is 4.90 Å². The number of aromatic nitrogens is 3. The van der Waals surface area contributed by atoms with Crippen molar-refractivity contribution in [2.24, 2.45) is 7.05 Å². The van der Waals surface area contributed by atoms with Crippen molar-refractivity contribution in [3.8, 4) is 5.75 Å². The topological polar surface area (TPSA) is 52.0 Å². The highest BCUT2D eigenvalue weighted by Crippen LogP contribution is 2.35. The summed E-state index contributed by atoms with van der Waals surface area (Å²) in [6, 6.07) is 8.47. The first kappa shape index (κ1) is 14.4. The van der Waals surface area contributed by atoms with Crippen LogP contribution < -0.4 is 10.1 Å². The average molecular weight is 304 g/mol. The molecule has 0 saturated carbocycles. The lowest BCUT2D eigenvalue weighted by atomic mass is 10.1. The van der Waals surface area contributed by atoms with Crippen molar-refractivity contribution in [3.05, 3.63) is 36.2 Å². The number of nitrogens with one attached hydrogen (secondary N) is 1. The van der Waals surface area contributed by atoms with Gasteiger partial charge in [-0.15, -0.1) is 16.9 Å². The van der Waals surface area contributed by atoms with Gasteiger partial charge in [0.05, 0.1) is 11.7 Å². The maximum Gasteiger partial charge on any atom is 0.133 e. The summed E-state index contributed by atoms with van der Waals surface area (Å²) in [5.41, 5.74) is 0.996. The van der Waals surface area contributed by atoms with E-state index in [2.05, 4.69) is 34.7 Å². The molecule has 1 aliphatic heterocycles. The van der Waals surface area contributed by atoms with Gasteiger partial charge in [0.2, 0.25) is 0 Å². The molecule has 0 spiro atoms. The number of para-hydroxylation sites is 1. The van der Waals surface area contributed by atoms with Crippen molar-refractivity contribution >= 4 is 11.8 Å². The van der Waals surface area contributed by atoms with E-state index in [4.69, 9.17) is 4.74 Å². The largest absolute Gasteiger partial charge is 0.487 e. The van der Waals surface area contributed by atoms with E-state index in [0.717, 1.165) is 30.2 Å². The number of hydrogen-bond acceptors (Lipinski definition) is 5. The molecule has 2 unspecified atom stereocenters. The first-order valence-electron chi connectivity index (χ1n) is 7.23. The van der Waals surface area contributed by atoms with E-state index in [-0.39, 0.29) is 12.1 Å². The summed E-state index contributed by atoms with van der Waals surface area (Å²) in [7, 11) is 1.89. The molecule has 2 atom stereocenters. The fourth-order valence-corrected chi connectivity index (χ4v) is 3.62. The van der Waals surface area contributed by atoms with Crippen LogP contribution in [0.1, 0.15) is 12.6 Å². The lowest BCUT2D eigenvalue weighted by molar-refractivity contribution is 0.165. The summed E-state index contributed by atoms with van der Waals surface area (Å²) < 4.78 is 7.93. The molecule has 2 heterocycles. The minimum absolute atomic E-state index is 0.145. The predicted octanol–water partition coefficient (Wildman–Crippen LogP) is 1.89. The Bertz CT molecular complexity index is 601. The van der Waals surface area contributed by atoms with Crippen molar-refractivity contribution < 1.29 is 4.74 Å². The molecule has 0 radical (unpaired) electrons. The van der Waals surface area contributed by atoms with Gasteiger partial charge in [0, 0.05) is 30.3 Å². The Balaban J connectivity index is 1.72. The molecule has 3 rings (SSSR count). The Kier molecular flexibility index (Phi) is 4.45. The molecule has 6 heteroatoms. The molecular weight excluding hydrogens is 284 g/mol. The van der Waals surface area contributed by atoms with Crippen LogP contribution in [0, 0.1) is 0 Å². The number of hydrogen-bond donors (Lipinski definition) is 1. The highest BCUT2D eigenvalue weighted by Gasteiger charge is 2.28. The third-order valence-corrected chi connectivity index (χ3v) is 4.67. The summed E-state index contributed by atoms with van der Waals surface area (Å²) in [6.07, 6.45) is 2.94. The van der Waals surface area contributed by atoms with Gasteiger partial charge in [-0.3, -0.25) is 4.68 Å². The van der Waals surface area contributed by atoms with E-state index in [1.807, 2.05) is 37.1 Å². The average Bonchev–Trinajstić information content (AvgIpc) is 2.91. The molecule has 21 heavy (non-hydrogen) atoms. The van der Waals surface area contributed by atoms with Crippen LogP contribution in [0.5, 0.6) is 5.75 Å². The summed E-state index contributed by atoms with van der Waals surface area (Å²) in [6.45, 7) is 3.03. The Morgan fingerprint density at radius 1 is 1.48 bits per heavy atom. The van der Waals surface area contributed by atoms with Crippen molar-refractivity contribution in [2.75, 3.05) is 12.3 Å². The number of likely N-dealkylation sites (N-methyl/N-ethyl adjacent to an activating group) is 1. The van der Waals surface area contributed by atoms with Crippen LogP contribution in [0.2, 0.25) is 0 Å². The smallest absolute Gasteiger partial charge is 0.133 e. The summed E-state index contributed by atoms with van der Waals surface area (Å²) in [5.74, 6) is 1.94. The van der Waals surface area contributed by atoms with Crippen LogP contribution in [-0.4, -0.2) is 39.4 Å². The van der Waals surface area contributed by atoms with Crippen LogP contribution in [0.3, 0.4) is 0 Å². The minimum Gasteiger partial charge on any atom is -0.487 e. The highest BCUT2D eigenvalue weighted by atomic mass is 32.2. The molecule has 0 fully saturated rings. The molecular formula is C15H20N4OS. The normalized spacial score (nSPS) is 18.9. The quantitative estimate of drug-likeness (QED) is 0.914. The fraction of sp³-hybridized carbons (Fsp3) is 0.467. The van der Waals surface area contributed by atoms with Crippen molar-refractivity contribution in [1.29, 1.82) is 0 Å². The van der Waals surface area contributed by atoms with E-state index in [1.54, 1.807) is 4.68 Å². The molecule has 0 saturated heterocycles. The number of thioether (sulfide) groups is 1. The van der Waals surface area contributed by atoms with Crippen LogP contribution >= 0.6 is 11.8 Å². The van der Waals surface area contributed by atoms with Crippen LogP contribution in [0.4, 0.5) is 0 Å². The van der Waals surface area contributed by atoms with Gasteiger partial charge < -0.3 is 10.1 Å². The zero-order chi connectivity index (χ0) is 14.7. The molecule has 1 N–H and O–H groups in total. The number of ether oxygens (including phenoxy) is 1. The maximum absolute atomic E-state index is 6.19. The van der Waals surface area contributed by atoms with Gasteiger partial charge in [-0.2, -0.15) is 0 Å². The molecule has 0 bridgehead atoms. The van der Waals surface area contributed by atoms with Gasteiger partial charge in [-0.25, -0.2) is 0 Å². The van der Waals surface area contributed by atoms with Crippen molar-refractivity contribution in [2.45, 2.75) is 30.4 Å². The van der Waals surface area contributed by atoms with Crippen LogP contribution in [-0.2, 0) is 13.5 Å². The number of nitrogens with zero attached hydrogens (tertiary/aromatic N) is 3. The van der Waals surface area contributed by atoms with Crippen molar-refractivity contribution in [1.82, 2.24) is 20.3 Å². The van der Waals surface area contributed by atoms with E-state index >= 15 is 0 Å². The number of rotatable bonds is 5. The Morgan fingerprint density at radius 3 is 3.10 bits per heavy atom. The lowest BCUT2D eigenvalue weighted by Crippen LogP contribution is -2.47. The van der Waals surface area contributed by atoms with Crippen LogP contribution in [0.15, 0.2) is 35.4 Å². The van der Waals surface area contributed by atoms with Gasteiger partial charge in [0.15, 0.2) is 0 Å². The van der Waals surface area contributed by atoms with Gasteiger partial charge in [-0.1, -0.05) is 24.3 Å². The number of benzene rings is 1. The second kappa shape index (κ2) is 6.49. The first-order valence-corrected chi connectivity index (χ1v) is 8.22. The second-order valence-electron chi connectivity index (χ2n) is 5.17. The Morgan fingerprint density at radius 2 is 2.33 bits per heavy atom. The van der Waals surface area contributed by atoms with Gasteiger partial charge in [0.25, 0.3) is 0 Å². The molecule has 1 aliphatic rings. The molecule has 5 nitrogen and oxygen atoms in total. The van der Waals surface area contributed by atoms with Gasteiger partial charge in [0.1, 0.15) is 11.9 Å². The van der Waals surface area contributed by atoms with Crippen LogP contribution in [0.25, 0.3) is 0 Å². The highest BCUT2D eigenvalue weighted by molar-refractivity contribution is 7.99. The standard InChI is InChI=1S/C15H20N4OS/c1-3-16-12(8-11-9-19(2)18-17-11)14-10-21-15-7-5-4-6-13(15)20-14/h4-7,9,12,14,16H,3,8,10H2,1-2H3. The van der Waals surface area contributed by atoms with Crippen molar-refractivity contribution in [3.63, 3.8) is 0 Å². The zero-order valence-corrected chi connectivity index (χ0v) is 13.1. The molecule has 1 aromatic heterocycles. The van der Waals surface area contributed by atoms with Gasteiger partial charge >= 0.3 is 0 Å². The monoisotopic (exact) mass is 304 g/mol. The zero-order valence-electron chi connectivity index (χ0n) is 12.3. The Hall–Kier alpha value is -1.53. The lowest BCUT2D eigenvalue weighted by Gasteiger charge is -2.32. The molecule has 0 amide bonds.